The minimum atomic E-state index is -0.0193. The van der Waals surface area contributed by atoms with E-state index in [-0.39, 0.29) is 5.60 Å². The van der Waals surface area contributed by atoms with Gasteiger partial charge in [0, 0.05) is 18.9 Å². The molecule has 2 N–H and O–H groups in total. The first-order valence-electron chi connectivity index (χ1n) is 4.90. The molecular formula is C10H23NOS. The monoisotopic (exact) mass is 205 g/mol. The zero-order chi connectivity index (χ0) is 10.3. The molecule has 0 saturated heterocycles. The van der Waals surface area contributed by atoms with Gasteiger partial charge in [0.1, 0.15) is 0 Å². The Morgan fingerprint density at radius 3 is 2.54 bits per heavy atom. The van der Waals surface area contributed by atoms with Crippen LogP contribution in [0.3, 0.4) is 0 Å². The van der Waals surface area contributed by atoms with Crippen molar-refractivity contribution < 1.29 is 4.74 Å². The van der Waals surface area contributed by atoms with Crippen LogP contribution in [-0.4, -0.2) is 30.3 Å². The van der Waals surface area contributed by atoms with E-state index in [4.69, 9.17) is 10.5 Å². The number of hydrogen-bond donors (Lipinski definition) is 1. The van der Waals surface area contributed by atoms with Crippen molar-refractivity contribution in [1.82, 2.24) is 0 Å². The van der Waals surface area contributed by atoms with E-state index >= 15 is 0 Å². The summed E-state index contributed by atoms with van der Waals surface area (Å²) in [5.74, 6) is 2.22. The van der Waals surface area contributed by atoms with Crippen molar-refractivity contribution in [2.45, 2.75) is 45.3 Å². The molecule has 0 radical (unpaired) electrons. The van der Waals surface area contributed by atoms with Crippen LogP contribution in [-0.2, 0) is 4.74 Å². The van der Waals surface area contributed by atoms with Crippen molar-refractivity contribution >= 4 is 11.8 Å². The Kier molecular flexibility index (Phi) is 6.82. The van der Waals surface area contributed by atoms with Crippen LogP contribution in [0.1, 0.15) is 33.6 Å². The quantitative estimate of drug-likeness (QED) is 0.692. The normalized spacial score (nSPS) is 14.5. The number of methoxy groups -OCH3 is 1. The second kappa shape index (κ2) is 6.68. The fourth-order valence-electron chi connectivity index (χ4n) is 0.988. The van der Waals surface area contributed by atoms with Gasteiger partial charge in [-0.05, 0) is 32.4 Å². The Balaban J connectivity index is 3.51. The molecule has 1 unspecified atom stereocenters. The molecule has 0 rings (SSSR count). The van der Waals surface area contributed by atoms with Gasteiger partial charge < -0.3 is 10.5 Å². The molecule has 0 aromatic heterocycles. The third-order valence-electron chi connectivity index (χ3n) is 2.21. The summed E-state index contributed by atoms with van der Waals surface area (Å²) in [6.07, 6.45) is 2.09. The second-order valence-electron chi connectivity index (χ2n) is 3.92. The van der Waals surface area contributed by atoms with Crippen LogP contribution in [0.15, 0.2) is 0 Å². The van der Waals surface area contributed by atoms with E-state index in [1.165, 1.54) is 0 Å². The van der Waals surface area contributed by atoms with Gasteiger partial charge in [0.2, 0.25) is 0 Å². The number of ether oxygens (including phenoxy) is 1. The summed E-state index contributed by atoms with van der Waals surface area (Å²) in [4.78, 5) is 0. The lowest BCUT2D eigenvalue weighted by Crippen LogP contribution is -2.29. The maximum absolute atomic E-state index is 5.95. The molecule has 0 spiro atoms. The van der Waals surface area contributed by atoms with E-state index in [1.807, 2.05) is 11.8 Å². The van der Waals surface area contributed by atoms with E-state index in [2.05, 4.69) is 20.8 Å². The van der Waals surface area contributed by atoms with Gasteiger partial charge in [0.05, 0.1) is 5.60 Å². The number of thioether (sulfide) groups is 1. The Morgan fingerprint density at radius 2 is 2.08 bits per heavy atom. The van der Waals surface area contributed by atoms with Crippen LogP contribution in [0.2, 0.25) is 0 Å². The molecular weight excluding hydrogens is 182 g/mol. The van der Waals surface area contributed by atoms with E-state index in [0.717, 1.165) is 24.3 Å². The predicted octanol–water partition coefficient (Wildman–Crippen LogP) is 2.27. The van der Waals surface area contributed by atoms with Gasteiger partial charge in [-0.1, -0.05) is 6.92 Å². The molecule has 0 saturated carbocycles. The second-order valence-corrected chi connectivity index (χ2v) is 5.24. The van der Waals surface area contributed by atoms with Crippen molar-refractivity contribution in [3.05, 3.63) is 0 Å². The topological polar surface area (TPSA) is 35.2 Å². The van der Waals surface area contributed by atoms with Crippen molar-refractivity contribution in [3.63, 3.8) is 0 Å². The maximum atomic E-state index is 5.95. The van der Waals surface area contributed by atoms with Gasteiger partial charge in [-0.15, -0.1) is 0 Å². The lowest BCUT2D eigenvalue weighted by molar-refractivity contribution is 0.0129. The van der Waals surface area contributed by atoms with E-state index in [9.17, 15) is 0 Å². The maximum Gasteiger partial charge on any atom is 0.0623 e. The first-order valence-corrected chi connectivity index (χ1v) is 6.05. The smallest absolute Gasteiger partial charge is 0.0623 e. The molecule has 0 aromatic rings. The molecule has 0 aromatic carbocycles. The molecule has 0 aliphatic carbocycles. The predicted molar refractivity (Wildman–Crippen MR) is 61.3 cm³/mol. The average Bonchev–Trinajstić information content (AvgIpc) is 2.11. The molecule has 1 atom stereocenters. The van der Waals surface area contributed by atoms with Crippen LogP contribution in [0, 0.1) is 0 Å². The Labute approximate surface area is 86.6 Å². The minimum Gasteiger partial charge on any atom is -0.379 e. The average molecular weight is 205 g/mol. The van der Waals surface area contributed by atoms with Crippen molar-refractivity contribution in [1.29, 1.82) is 0 Å². The molecule has 0 bridgehead atoms. The highest BCUT2D eigenvalue weighted by atomic mass is 32.2. The van der Waals surface area contributed by atoms with Crippen LogP contribution >= 0.6 is 11.8 Å². The zero-order valence-corrected chi connectivity index (χ0v) is 10.1. The lowest BCUT2D eigenvalue weighted by Gasteiger charge is -2.24. The molecule has 0 amide bonds. The molecule has 2 nitrogen and oxygen atoms in total. The van der Waals surface area contributed by atoms with Crippen molar-refractivity contribution in [2.24, 2.45) is 5.73 Å². The molecule has 0 heterocycles. The van der Waals surface area contributed by atoms with Gasteiger partial charge in [-0.3, -0.25) is 0 Å². The molecule has 80 valence electrons. The first kappa shape index (κ1) is 13.3. The van der Waals surface area contributed by atoms with E-state index in [0.29, 0.717) is 6.04 Å². The SMILES string of the molecule is CCSCC(N)CCC(C)(C)OC. The van der Waals surface area contributed by atoms with Gasteiger partial charge in [-0.25, -0.2) is 0 Å². The largest absolute Gasteiger partial charge is 0.379 e. The number of hydrogen-bond acceptors (Lipinski definition) is 3. The van der Waals surface area contributed by atoms with Crippen molar-refractivity contribution in [3.8, 4) is 0 Å². The zero-order valence-electron chi connectivity index (χ0n) is 9.30. The Morgan fingerprint density at radius 1 is 1.46 bits per heavy atom. The molecule has 0 fully saturated rings. The lowest BCUT2D eigenvalue weighted by atomic mass is 10.00. The van der Waals surface area contributed by atoms with Crippen LogP contribution in [0.5, 0.6) is 0 Å². The standard InChI is InChI=1S/C10H23NOS/c1-5-13-8-9(11)6-7-10(2,3)12-4/h9H,5-8,11H2,1-4H3. The highest BCUT2D eigenvalue weighted by Gasteiger charge is 2.17. The first-order chi connectivity index (χ1) is 6.02. The fourth-order valence-corrected chi connectivity index (χ4v) is 1.69. The van der Waals surface area contributed by atoms with Gasteiger partial charge >= 0.3 is 0 Å². The summed E-state index contributed by atoms with van der Waals surface area (Å²) in [6.45, 7) is 6.37. The highest BCUT2D eigenvalue weighted by Crippen LogP contribution is 2.17. The van der Waals surface area contributed by atoms with E-state index in [1.54, 1.807) is 7.11 Å². The van der Waals surface area contributed by atoms with Crippen LogP contribution in [0.4, 0.5) is 0 Å². The summed E-state index contributed by atoms with van der Waals surface area (Å²) in [5.41, 5.74) is 5.93. The summed E-state index contributed by atoms with van der Waals surface area (Å²) >= 11 is 1.91. The van der Waals surface area contributed by atoms with Gasteiger partial charge in [0.15, 0.2) is 0 Å². The third kappa shape index (κ3) is 7.35. The van der Waals surface area contributed by atoms with Crippen molar-refractivity contribution in [2.75, 3.05) is 18.6 Å². The minimum absolute atomic E-state index is 0.0193. The van der Waals surface area contributed by atoms with E-state index < -0.39 is 0 Å². The van der Waals surface area contributed by atoms with Crippen LogP contribution in [0.25, 0.3) is 0 Å². The molecule has 3 heteroatoms. The number of rotatable bonds is 7. The molecule has 0 aliphatic heterocycles. The Bertz CT molecular complexity index is 128. The van der Waals surface area contributed by atoms with Gasteiger partial charge in [-0.2, -0.15) is 11.8 Å². The fraction of sp³-hybridized carbons (Fsp3) is 1.00. The number of nitrogens with two attached hydrogens (primary N) is 1. The van der Waals surface area contributed by atoms with Gasteiger partial charge in [0.25, 0.3) is 0 Å². The Hall–Kier alpha value is 0.270. The third-order valence-corrected chi connectivity index (χ3v) is 3.28. The van der Waals surface area contributed by atoms with Crippen LogP contribution < -0.4 is 5.73 Å². The molecule has 13 heavy (non-hydrogen) atoms. The summed E-state index contributed by atoms with van der Waals surface area (Å²) < 4.78 is 5.33. The summed E-state index contributed by atoms with van der Waals surface area (Å²) in [5, 5.41) is 0. The molecule has 0 aliphatic rings. The summed E-state index contributed by atoms with van der Waals surface area (Å²) in [6, 6.07) is 0.319. The summed E-state index contributed by atoms with van der Waals surface area (Å²) in [7, 11) is 1.76. The highest BCUT2D eigenvalue weighted by molar-refractivity contribution is 7.99.